The Balaban J connectivity index is 1.89. The van der Waals surface area contributed by atoms with E-state index in [0.717, 1.165) is 18.2 Å². The van der Waals surface area contributed by atoms with Crippen molar-refractivity contribution in [3.8, 4) is 11.5 Å². The van der Waals surface area contributed by atoms with Crippen LogP contribution in [0.25, 0.3) is 0 Å². The van der Waals surface area contributed by atoms with Crippen LogP contribution in [0.5, 0.6) is 11.5 Å². The highest BCUT2D eigenvalue weighted by atomic mass is 19.4. The van der Waals surface area contributed by atoms with Gasteiger partial charge in [-0.2, -0.15) is 13.2 Å². The van der Waals surface area contributed by atoms with Gasteiger partial charge < -0.3 is 20.1 Å². The second-order valence-corrected chi connectivity index (χ2v) is 6.75. The van der Waals surface area contributed by atoms with Gasteiger partial charge in [-0.05, 0) is 42.5 Å². The van der Waals surface area contributed by atoms with Gasteiger partial charge in [0.2, 0.25) is 0 Å². The van der Waals surface area contributed by atoms with Gasteiger partial charge in [-0.15, -0.1) is 0 Å². The van der Waals surface area contributed by atoms with Crippen molar-refractivity contribution < 1.29 is 36.6 Å². The number of hydrogen-bond acceptors (Lipinski definition) is 4. The molecule has 0 unspecified atom stereocenters. The van der Waals surface area contributed by atoms with E-state index in [1.165, 1.54) is 50.6 Å². The molecule has 2 amide bonds. The van der Waals surface area contributed by atoms with E-state index in [2.05, 4.69) is 10.6 Å². The van der Waals surface area contributed by atoms with Crippen LogP contribution in [0.15, 0.2) is 60.7 Å². The van der Waals surface area contributed by atoms with Crippen molar-refractivity contribution in [2.75, 3.05) is 24.9 Å². The third kappa shape index (κ3) is 5.59. The molecule has 0 heterocycles. The van der Waals surface area contributed by atoms with Crippen molar-refractivity contribution in [2.24, 2.45) is 0 Å². The number of anilines is 2. The van der Waals surface area contributed by atoms with Crippen molar-refractivity contribution in [3.05, 3.63) is 83.2 Å². The Bertz CT molecular complexity index is 1170. The lowest BCUT2D eigenvalue weighted by Gasteiger charge is -2.16. The number of methoxy groups -OCH3 is 2. The first-order valence-electron chi connectivity index (χ1n) is 9.44. The first-order chi connectivity index (χ1) is 15.6. The largest absolute Gasteiger partial charge is 0.497 e. The van der Waals surface area contributed by atoms with E-state index >= 15 is 0 Å². The predicted molar refractivity (Wildman–Crippen MR) is 113 cm³/mol. The third-order valence-electron chi connectivity index (χ3n) is 4.56. The van der Waals surface area contributed by atoms with Crippen LogP contribution < -0.4 is 20.1 Å². The van der Waals surface area contributed by atoms with Gasteiger partial charge in [-0.3, -0.25) is 9.59 Å². The molecule has 0 atom stereocenters. The molecule has 10 heteroatoms. The Labute approximate surface area is 186 Å². The molecule has 0 spiro atoms. The molecule has 0 radical (unpaired) electrons. The molecule has 3 aromatic carbocycles. The maximum Gasteiger partial charge on any atom is 0.418 e. The zero-order chi connectivity index (χ0) is 24.2. The summed E-state index contributed by atoms with van der Waals surface area (Å²) in [7, 11) is 2.74. The summed E-state index contributed by atoms with van der Waals surface area (Å²) in [4.78, 5) is 24.9. The molecule has 2 N–H and O–H groups in total. The highest BCUT2D eigenvalue weighted by molar-refractivity contribution is 6.06. The Hall–Kier alpha value is -4.08. The van der Waals surface area contributed by atoms with E-state index in [9.17, 15) is 27.2 Å². The summed E-state index contributed by atoms with van der Waals surface area (Å²) in [6.45, 7) is 0. The Morgan fingerprint density at radius 1 is 0.818 bits per heavy atom. The van der Waals surface area contributed by atoms with E-state index < -0.39 is 35.1 Å². The minimum absolute atomic E-state index is 0.0104. The lowest BCUT2D eigenvalue weighted by atomic mass is 10.1. The summed E-state index contributed by atoms with van der Waals surface area (Å²) in [5, 5.41) is 4.44. The minimum atomic E-state index is -4.85. The summed E-state index contributed by atoms with van der Waals surface area (Å²) < 4.78 is 65.0. The van der Waals surface area contributed by atoms with E-state index in [0.29, 0.717) is 6.07 Å². The monoisotopic (exact) mass is 462 g/mol. The Morgan fingerprint density at radius 2 is 1.45 bits per heavy atom. The number of hydrogen-bond donors (Lipinski definition) is 2. The van der Waals surface area contributed by atoms with Crippen molar-refractivity contribution >= 4 is 23.2 Å². The van der Waals surface area contributed by atoms with Crippen molar-refractivity contribution in [1.82, 2.24) is 0 Å². The van der Waals surface area contributed by atoms with Gasteiger partial charge >= 0.3 is 6.18 Å². The molecule has 0 aromatic heterocycles. The van der Waals surface area contributed by atoms with Crippen molar-refractivity contribution in [1.29, 1.82) is 0 Å². The van der Waals surface area contributed by atoms with Crippen LogP contribution in [0.1, 0.15) is 26.3 Å². The SMILES string of the molecule is COc1cc(OC)cc(C(=O)Nc2ccc(NC(=O)c3ccccc3F)cc2C(F)(F)F)c1. The van der Waals surface area contributed by atoms with Gasteiger partial charge in [0.15, 0.2) is 0 Å². The normalized spacial score (nSPS) is 11.0. The van der Waals surface area contributed by atoms with Gasteiger partial charge in [0, 0.05) is 17.3 Å². The molecule has 0 bridgehead atoms. The lowest BCUT2D eigenvalue weighted by molar-refractivity contribution is -0.136. The molecule has 3 aromatic rings. The maximum atomic E-state index is 13.8. The van der Waals surface area contributed by atoms with Crippen LogP contribution in [-0.4, -0.2) is 26.0 Å². The smallest absolute Gasteiger partial charge is 0.418 e. The zero-order valence-electron chi connectivity index (χ0n) is 17.4. The molecule has 3 rings (SSSR count). The van der Waals surface area contributed by atoms with E-state index in [1.807, 2.05) is 0 Å². The van der Waals surface area contributed by atoms with E-state index in [4.69, 9.17) is 9.47 Å². The molecule has 6 nitrogen and oxygen atoms in total. The van der Waals surface area contributed by atoms with Gasteiger partial charge in [0.05, 0.1) is 31.0 Å². The van der Waals surface area contributed by atoms with Crippen LogP contribution >= 0.6 is 0 Å². The van der Waals surface area contributed by atoms with Crippen LogP contribution in [0.3, 0.4) is 0 Å². The van der Waals surface area contributed by atoms with Gasteiger partial charge in [0.1, 0.15) is 17.3 Å². The zero-order valence-corrected chi connectivity index (χ0v) is 17.4. The molecular formula is C23H18F4N2O4. The lowest BCUT2D eigenvalue weighted by Crippen LogP contribution is -2.18. The number of halogens is 4. The molecule has 0 aliphatic heterocycles. The molecular weight excluding hydrogens is 444 g/mol. The van der Waals surface area contributed by atoms with Crippen LogP contribution in [0.2, 0.25) is 0 Å². The van der Waals surface area contributed by atoms with Gasteiger partial charge in [-0.1, -0.05) is 12.1 Å². The van der Waals surface area contributed by atoms with Gasteiger partial charge in [-0.25, -0.2) is 4.39 Å². The summed E-state index contributed by atoms with van der Waals surface area (Å²) in [5.41, 5.74) is -2.27. The molecule has 0 saturated heterocycles. The third-order valence-corrected chi connectivity index (χ3v) is 4.56. The predicted octanol–water partition coefficient (Wildman–Crippen LogP) is 5.37. The fourth-order valence-corrected chi connectivity index (χ4v) is 2.94. The average Bonchev–Trinajstić information content (AvgIpc) is 2.79. The number of alkyl halides is 3. The second-order valence-electron chi connectivity index (χ2n) is 6.75. The van der Waals surface area contributed by atoms with Crippen LogP contribution in [0, 0.1) is 5.82 Å². The Kier molecular flexibility index (Phi) is 6.86. The topological polar surface area (TPSA) is 76.7 Å². The Morgan fingerprint density at radius 3 is 2.03 bits per heavy atom. The first kappa shape index (κ1) is 23.6. The highest BCUT2D eigenvalue weighted by Gasteiger charge is 2.34. The first-order valence-corrected chi connectivity index (χ1v) is 9.44. The molecule has 0 saturated carbocycles. The fourth-order valence-electron chi connectivity index (χ4n) is 2.94. The number of nitrogens with one attached hydrogen (secondary N) is 2. The molecule has 0 aliphatic rings. The fraction of sp³-hybridized carbons (Fsp3) is 0.130. The minimum Gasteiger partial charge on any atom is -0.497 e. The molecule has 0 fully saturated rings. The summed E-state index contributed by atoms with van der Waals surface area (Å²) in [5.74, 6) is -2.01. The average molecular weight is 462 g/mol. The molecule has 33 heavy (non-hydrogen) atoms. The van der Waals surface area contributed by atoms with Gasteiger partial charge in [0.25, 0.3) is 11.8 Å². The van der Waals surface area contributed by atoms with Crippen molar-refractivity contribution in [3.63, 3.8) is 0 Å². The molecule has 0 aliphatic carbocycles. The molecule has 172 valence electrons. The number of carbonyl (C=O) groups is 2. The maximum absolute atomic E-state index is 13.8. The van der Waals surface area contributed by atoms with Crippen LogP contribution in [0.4, 0.5) is 28.9 Å². The second kappa shape index (κ2) is 9.60. The summed E-state index contributed by atoms with van der Waals surface area (Å²) >= 11 is 0. The number of rotatable bonds is 6. The van der Waals surface area contributed by atoms with Crippen molar-refractivity contribution in [2.45, 2.75) is 6.18 Å². The standard InChI is InChI=1S/C23H18F4N2O4/c1-32-15-9-13(10-16(12-15)33-2)21(30)29-20-8-7-14(11-18(20)23(25,26)27)28-22(31)17-5-3-4-6-19(17)24/h3-12H,1-2H3,(H,28,31)(H,29,30). The highest BCUT2D eigenvalue weighted by Crippen LogP contribution is 2.37. The summed E-state index contributed by atoms with van der Waals surface area (Å²) in [6.07, 6.45) is -4.85. The summed E-state index contributed by atoms with van der Waals surface area (Å²) in [6, 6.07) is 12.1. The van der Waals surface area contributed by atoms with E-state index in [-0.39, 0.29) is 28.3 Å². The number of amides is 2. The number of benzene rings is 3. The number of ether oxygens (including phenoxy) is 2. The number of carbonyl (C=O) groups excluding carboxylic acids is 2. The van der Waals surface area contributed by atoms with Crippen LogP contribution in [-0.2, 0) is 6.18 Å². The van der Waals surface area contributed by atoms with E-state index in [1.54, 1.807) is 0 Å². The quantitative estimate of drug-likeness (QED) is 0.483.